The molecule has 1 spiro atoms. The van der Waals surface area contributed by atoms with Gasteiger partial charge in [-0.3, -0.25) is 9.69 Å². The molecule has 4 heterocycles. The molecule has 1 atom stereocenters. The first-order valence-corrected chi connectivity index (χ1v) is 12.7. The van der Waals surface area contributed by atoms with Crippen LogP contribution in [-0.2, 0) is 10.2 Å². The largest absolute Gasteiger partial charge is 0.323 e. The number of carbonyl (C=O) groups is 1. The van der Waals surface area contributed by atoms with Gasteiger partial charge < -0.3 is 5.32 Å². The molecule has 2 aliphatic rings. The summed E-state index contributed by atoms with van der Waals surface area (Å²) in [5.41, 5.74) is 3.31. The highest BCUT2D eigenvalue weighted by molar-refractivity contribution is 7.98. The van der Waals surface area contributed by atoms with E-state index in [1.54, 1.807) is 4.52 Å². The summed E-state index contributed by atoms with van der Waals surface area (Å²) in [5, 5.41) is 7.56. The van der Waals surface area contributed by atoms with Gasteiger partial charge in [0.15, 0.2) is 5.65 Å². The SMILES string of the molecule is CCCCC(CCSC)N1C(=O)C2(CC2)c2cnc(Nc3cn4ncnc4cc3C)nc21. The third-order valence-electron chi connectivity index (χ3n) is 6.67. The Morgan fingerprint density at radius 2 is 2.12 bits per heavy atom. The third kappa shape index (κ3) is 3.52. The second-order valence-electron chi connectivity index (χ2n) is 8.82. The summed E-state index contributed by atoms with van der Waals surface area (Å²) >= 11 is 1.83. The minimum Gasteiger partial charge on any atom is -0.323 e. The molecule has 1 aliphatic carbocycles. The fraction of sp³-hybridized carbons (Fsp3) is 0.522. The van der Waals surface area contributed by atoms with Gasteiger partial charge in [-0.15, -0.1) is 0 Å². The molecule has 0 saturated heterocycles. The number of anilines is 3. The molecule has 1 unspecified atom stereocenters. The quantitative estimate of drug-likeness (QED) is 0.520. The smallest absolute Gasteiger partial charge is 0.239 e. The lowest BCUT2D eigenvalue weighted by Gasteiger charge is -2.28. The zero-order valence-electron chi connectivity index (χ0n) is 18.8. The van der Waals surface area contributed by atoms with Crippen molar-refractivity contribution in [3.05, 3.63) is 35.9 Å². The lowest BCUT2D eigenvalue weighted by Crippen LogP contribution is -2.41. The number of aromatic nitrogens is 5. The Morgan fingerprint density at radius 3 is 2.88 bits per heavy atom. The van der Waals surface area contributed by atoms with E-state index in [0.717, 1.165) is 72.6 Å². The number of aryl methyl sites for hydroxylation is 1. The average molecular weight is 452 g/mol. The molecule has 8 nitrogen and oxygen atoms in total. The molecule has 1 N–H and O–H groups in total. The highest BCUT2D eigenvalue weighted by atomic mass is 32.2. The van der Waals surface area contributed by atoms with Gasteiger partial charge in [0.05, 0.1) is 17.3 Å². The van der Waals surface area contributed by atoms with Crippen molar-refractivity contribution in [3.8, 4) is 0 Å². The molecule has 3 aromatic heterocycles. The number of nitrogens with zero attached hydrogens (tertiary/aromatic N) is 6. The van der Waals surface area contributed by atoms with Gasteiger partial charge in [-0.05, 0) is 56.2 Å². The minimum absolute atomic E-state index is 0.185. The number of hydrogen-bond acceptors (Lipinski definition) is 7. The Hall–Kier alpha value is -2.68. The molecule has 3 aromatic rings. The van der Waals surface area contributed by atoms with Gasteiger partial charge in [0, 0.05) is 17.8 Å². The van der Waals surface area contributed by atoms with Crippen molar-refractivity contribution in [2.75, 3.05) is 22.2 Å². The maximum atomic E-state index is 13.6. The van der Waals surface area contributed by atoms with Gasteiger partial charge in [0.2, 0.25) is 11.9 Å². The number of hydrogen-bond donors (Lipinski definition) is 1. The van der Waals surface area contributed by atoms with E-state index in [1.165, 1.54) is 6.33 Å². The summed E-state index contributed by atoms with van der Waals surface area (Å²) < 4.78 is 1.72. The molecule has 1 aliphatic heterocycles. The summed E-state index contributed by atoms with van der Waals surface area (Å²) in [7, 11) is 0. The van der Waals surface area contributed by atoms with Crippen molar-refractivity contribution < 1.29 is 4.79 Å². The fourth-order valence-corrected chi connectivity index (χ4v) is 5.16. The van der Waals surface area contributed by atoms with E-state index in [1.807, 2.05) is 42.0 Å². The maximum Gasteiger partial charge on any atom is 0.239 e. The van der Waals surface area contributed by atoms with Crippen molar-refractivity contribution in [1.29, 1.82) is 0 Å². The minimum atomic E-state index is -0.382. The van der Waals surface area contributed by atoms with Crippen LogP contribution in [-0.4, -0.2) is 48.5 Å². The number of rotatable bonds is 9. The monoisotopic (exact) mass is 451 g/mol. The second-order valence-corrected chi connectivity index (χ2v) is 9.81. The van der Waals surface area contributed by atoms with Gasteiger partial charge >= 0.3 is 0 Å². The van der Waals surface area contributed by atoms with E-state index < -0.39 is 0 Å². The summed E-state index contributed by atoms with van der Waals surface area (Å²) in [5.74, 6) is 2.56. The Bertz CT molecular complexity index is 1150. The van der Waals surface area contributed by atoms with Crippen molar-refractivity contribution in [3.63, 3.8) is 0 Å². The average Bonchev–Trinajstić information content (AvgIpc) is 3.41. The van der Waals surface area contributed by atoms with Gasteiger partial charge in [0.1, 0.15) is 12.1 Å². The number of amides is 1. The molecule has 168 valence electrons. The van der Waals surface area contributed by atoms with Gasteiger partial charge in [-0.1, -0.05) is 19.8 Å². The number of fused-ring (bicyclic) bond motifs is 3. The van der Waals surface area contributed by atoms with Crippen LogP contribution in [0, 0.1) is 6.92 Å². The number of pyridine rings is 1. The zero-order valence-corrected chi connectivity index (χ0v) is 19.7. The second kappa shape index (κ2) is 8.35. The normalized spacial score (nSPS) is 17.2. The third-order valence-corrected chi connectivity index (χ3v) is 7.31. The Morgan fingerprint density at radius 1 is 1.28 bits per heavy atom. The Balaban J connectivity index is 1.49. The molecule has 5 rings (SSSR count). The molecule has 9 heteroatoms. The van der Waals surface area contributed by atoms with Crippen LogP contribution in [0.3, 0.4) is 0 Å². The van der Waals surface area contributed by atoms with Crippen LogP contribution in [0.2, 0.25) is 0 Å². The van der Waals surface area contributed by atoms with E-state index in [2.05, 4.69) is 33.6 Å². The molecule has 0 radical (unpaired) electrons. The van der Waals surface area contributed by atoms with E-state index in [-0.39, 0.29) is 17.4 Å². The van der Waals surface area contributed by atoms with E-state index in [4.69, 9.17) is 4.98 Å². The van der Waals surface area contributed by atoms with Crippen LogP contribution in [0.5, 0.6) is 0 Å². The number of nitrogens with one attached hydrogen (secondary N) is 1. The van der Waals surface area contributed by atoms with E-state index in [9.17, 15) is 4.79 Å². The van der Waals surface area contributed by atoms with Crippen molar-refractivity contribution >= 4 is 40.8 Å². The molecule has 0 aromatic carbocycles. The molecular weight excluding hydrogens is 422 g/mol. The predicted molar refractivity (Wildman–Crippen MR) is 128 cm³/mol. The van der Waals surface area contributed by atoms with Crippen LogP contribution in [0.15, 0.2) is 24.8 Å². The van der Waals surface area contributed by atoms with Gasteiger partial charge in [0.25, 0.3) is 0 Å². The van der Waals surface area contributed by atoms with Gasteiger partial charge in [-0.25, -0.2) is 14.5 Å². The molecule has 0 bridgehead atoms. The summed E-state index contributed by atoms with van der Waals surface area (Å²) in [4.78, 5) is 29.3. The predicted octanol–water partition coefficient (Wildman–Crippen LogP) is 4.26. The van der Waals surface area contributed by atoms with E-state index >= 15 is 0 Å². The highest BCUT2D eigenvalue weighted by Crippen LogP contribution is 2.57. The lowest BCUT2D eigenvalue weighted by molar-refractivity contribution is -0.120. The first kappa shape index (κ1) is 21.2. The lowest BCUT2D eigenvalue weighted by atomic mass is 10.0. The van der Waals surface area contributed by atoms with Crippen LogP contribution >= 0.6 is 11.8 Å². The summed E-state index contributed by atoms with van der Waals surface area (Å²) in [6.45, 7) is 4.22. The Labute approximate surface area is 192 Å². The molecule has 32 heavy (non-hydrogen) atoms. The molecular formula is C23H29N7OS. The Kier molecular flexibility index (Phi) is 5.53. The first-order valence-electron chi connectivity index (χ1n) is 11.3. The number of unbranched alkanes of at least 4 members (excludes halogenated alkanes) is 1. The molecule has 1 fully saturated rings. The number of carbonyl (C=O) groups excluding carboxylic acids is 1. The first-order chi connectivity index (χ1) is 15.6. The molecule has 1 saturated carbocycles. The van der Waals surface area contributed by atoms with Crippen molar-refractivity contribution in [2.45, 2.75) is 63.8 Å². The van der Waals surface area contributed by atoms with Gasteiger partial charge in [-0.2, -0.15) is 21.8 Å². The van der Waals surface area contributed by atoms with Crippen molar-refractivity contribution in [2.24, 2.45) is 0 Å². The van der Waals surface area contributed by atoms with Crippen LogP contribution in [0.25, 0.3) is 5.65 Å². The molecule has 1 amide bonds. The fourth-order valence-electron chi connectivity index (χ4n) is 4.65. The standard InChI is InChI=1S/C23H29N7OS/c1-4-5-6-16(7-10-32-3)30-20-17(23(8-9-23)21(30)31)12-24-22(28-20)27-18-13-29-19(11-15(18)2)25-14-26-29/h11-14,16H,4-10H2,1-3H3,(H,24,27,28). The van der Waals surface area contributed by atoms with Crippen LogP contribution in [0.4, 0.5) is 17.5 Å². The topological polar surface area (TPSA) is 88.3 Å². The number of thioether (sulfide) groups is 1. The summed E-state index contributed by atoms with van der Waals surface area (Å²) in [6.07, 6.45) is 13.4. The maximum absolute atomic E-state index is 13.6. The highest BCUT2D eigenvalue weighted by Gasteiger charge is 2.61. The zero-order chi connectivity index (χ0) is 22.3. The van der Waals surface area contributed by atoms with E-state index in [0.29, 0.717) is 5.95 Å². The van der Waals surface area contributed by atoms with Crippen LogP contribution in [0.1, 0.15) is 56.6 Å². The van der Waals surface area contributed by atoms with Crippen molar-refractivity contribution in [1.82, 2.24) is 24.6 Å². The van der Waals surface area contributed by atoms with Crippen LogP contribution < -0.4 is 10.2 Å². The summed E-state index contributed by atoms with van der Waals surface area (Å²) in [6, 6.07) is 2.16.